The number of ether oxygens (including phenoxy) is 1. The average molecular weight is 464 g/mol. The first kappa shape index (κ1) is 24.4. The van der Waals surface area contributed by atoms with E-state index >= 15 is 0 Å². The number of halogens is 3. The highest BCUT2D eigenvalue weighted by molar-refractivity contribution is 6.04. The molecule has 0 aromatic heterocycles. The molecule has 0 aliphatic carbocycles. The molecule has 33 heavy (non-hydrogen) atoms. The van der Waals surface area contributed by atoms with Gasteiger partial charge in [-0.25, -0.2) is 4.79 Å². The number of carbonyl (C=O) groups is 2. The summed E-state index contributed by atoms with van der Waals surface area (Å²) in [6, 6.07) is 8.80. The van der Waals surface area contributed by atoms with Crippen LogP contribution in [0.2, 0.25) is 0 Å². The molecule has 3 rings (SSSR count). The molecule has 0 bridgehead atoms. The van der Waals surface area contributed by atoms with E-state index in [4.69, 9.17) is 4.74 Å². The van der Waals surface area contributed by atoms with E-state index in [2.05, 4.69) is 20.9 Å². The molecule has 1 aliphatic heterocycles. The molecule has 7 nitrogen and oxygen atoms in total. The predicted molar refractivity (Wildman–Crippen MR) is 121 cm³/mol. The summed E-state index contributed by atoms with van der Waals surface area (Å²) in [5.41, 5.74) is 0.142. The van der Waals surface area contributed by atoms with Crippen molar-refractivity contribution in [3.8, 4) is 0 Å². The molecule has 0 spiro atoms. The molecular formula is C23H27F3N4O3. The normalized spacial score (nSPS) is 13.6. The Bertz CT molecular complexity index is 976. The van der Waals surface area contributed by atoms with Crippen molar-refractivity contribution in [1.82, 2.24) is 5.32 Å². The number of urea groups is 1. The Hall–Kier alpha value is -3.27. The Kier molecular flexibility index (Phi) is 8.16. The molecule has 0 saturated carbocycles. The minimum atomic E-state index is -4.60. The average Bonchev–Trinajstić information content (AvgIpc) is 3.31. The van der Waals surface area contributed by atoms with Gasteiger partial charge >= 0.3 is 12.2 Å². The van der Waals surface area contributed by atoms with E-state index in [0.29, 0.717) is 30.8 Å². The zero-order valence-electron chi connectivity index (χ0n) is 18.3. The fraction of sp³-hybridized carbons (Fsp3) is 0.391. The van der Waals surface area contributed by atoms with E-state index < -0.39 is 17.8 Å². The molecule has 1 aliphatic rings. The van der Waals surface area contributed by atoms with Gasteiger partial charge in [0.15, 0.2) is 0 Å². The summed E-state index contributed by atoms with van der Waals surface area (Å²) in [5, 5.41) is 7.60. The molecular weight excluding hydrogens is 437 g/mol. The van der Waals surface area contributed by atoms with Gasteiger partial charge in [0, 0.05) is 44.7 Å². The lowest BCUT2D eigenvalue weighted by Crippen LogP contribution is -2.29. The number of benzene rings is 2. The Labute approximate surface area is 190 Å². The van der Waals surface area contributed by atoms with Gasteiger partial charge in [-0.1, -0.05) is 12.1 Å². The SMILES string of the molecule is COCCCNC(=O)c1cc(NC(=O)Nc2ccccc2C(F)(F)F)ccc1N1CCCC1. The maximum Gasteiger partial charge on any atom is 0.418 e. The van der Waals surface area contributed by atoms with E-state index in [1.165, 1.54) is 24.3 Å². The third-order valence-corrected chi connectivity index (χ3v) is 5.24. The van der Waals surface area contributed by atoms with Crippen molar-refractivity contribution in [2.24, 2.45) is 0 Å². The number of methoxy groups -OCH3 is 1. The van der Waals surface area contributed by atoms with Crippen molar-refractivity contribution >= 4 is 29.0 Å². The Balaban J connectivity index is 1.76. The lowest BCUT2D eigenvalue weighted by Gasteiger charge is -2.22. The molecule has 2 aromatic rings. The van der Waals surface area contributed by atoms with Crippen LogP contribution in [0.3, 0.4) is 0 Å². The van der Waals surface area contributed by atoms with Gasteiger partial charge in [-0.3, -0.25) is 4.79 Å². The number of para-hydroxylation sites is 1. The van der Waals surface area contributed by atoms with Crippen LogP contribution in [-0.4, -0.2) is 45.3 Å². The number of alkyl halides is 3. The third kappa shape index (κ3) is 6.61. The van der Waals surface area contributed by atoms with Crippen LogP contribution < -0.4 is 20.9 Å². The second-order valence-electron chi connectivity index (χ2n) is 7.65. The maximum absolute atomic E-state index is 13.2. The van der Waals surface area contributed by atoms with Gasteiger partial charge in [-0.2, -0.15) is 13.2 Å². The van der Waals surface area contributed by atoms with E-state index in [0.717, 1.165) is 37.7 Å². The molecule has 1 saturated heterocycles. The summed E-state index contributed by atoms with van der Waals surface area (Å²) >= 11 is 0. The summed E-state index contributed by atoms with van der Waals surface area (Å²) in [6.07, 6.45) is -1.90. The first-order valence-corrected chi connectivity index (χ1v) is 10.7. The minimum absolute atomic E-state index is 0.292. The zero-order valence-corrected chi connectivity index (χ0v) is 18.3. The highest BCUT2D eigenvalue weighted by Crippen LogP contribution is 2.34. The molecule has 0 unspecified atom stereocenters. The smallest absolute Gasteiger partial charge is 0.385 e. The molecule has 178 valence electrons. The van der Waals surface area contributed by atoms with Crippen molar-refractivity contribution in [2.45, 2.75) is 25.4 Å². The van der Waals surface area contributed by atoms with Gasteiger partial charge in [0.1, 0.15) is 0 Å². The standard InChI is InChI=1S/C23H27F3N4O3/c1-33-14-6-11-27-21(31)17-15-16(9-10-20(17)30-12-4-5-13-30)28-22(32)29-19-8-3-2-7-18(19)23(24,25)26/h2-3,7-10,15H,4-6,11-14H2,1H3,(H,27,31)(H2,28,29,32). The van der Waals surface area contributed by atoms with Crippen molar-refractivity contribution in [3.63, 3.8) is 0 Å². The van der Waals surface area contributed by atoms with Crippen LogP contribution in [0.4, 0.5) is 35.0 Å². The highest BCUT2D eigenvalue weighted by atomic mass is 19.4. The molecule has 1 heterocycles. The first-order chi connectivity index (χ1) is 15.8. The number of carbonyl (C=O) groups excluding carboxylic acids is 2. The van der Waals surface area contributed by atoms with Gasteiger partial charge in [-0.15, -0.1) is 0 Å². The maximum atomic E-state index is 13.2. The second-order valence-corrected chi connectivity index (χ2v) is 7.65. The van der Waals surface area contributed by atoms with Crippen molar-refractivity contribution < 1.29 is 27.5 Å². The van der Waals surface area contributed by atoms with Crippen molar-refractivity contribution in [1.29, 1.82) is 0 Å². The van der Waals surface area contributed by atoms with Crippen LogP contribution in [0.15, 0.2) is 42.5 Å². The van der Waals surface area contributed by atoms with Gasteiger partial charge in [0.2, 0.25) is 0 Å². The summed E-state index contributed by atoms with van der Waals surface area (Å²) < 4.78 is 44.5. The molecule has 10 heteroatoms. The third-order valence-electron chi connectivity index (χ3n) is 5.24. The minimum Gasteiger partial charge on any atom is -0.385 e. The number of hydrogen-bond donors (Lipinski definition) is 3. The van der Waals surface area contributed by atoms with Crippen LogP contribution in [0.5, 0.6) is 0 Å². The number of rotatable bonds is 8. The van der Waals surface area contributed by atoms with Crippen molar-refractivity contribution in [3.05, 3.63) is 53.6 Å². The summed E-state index contributed by atoms with van der Waals surface area (Å²) in [7, 11) is 1.58. The summed E-state index contributed by atoms with van der Waals surface area (Å²) in [5.74, 6) is -0.292. The lowest BCUT2D eigenvalue weighted by molar-refractivity contribution is -0.136. The molecule has 0 atom stereocenters. The molecule has 3 amide bonds. The fourth-order valence-electron chi connectivity index (χ4n) is 3.67. The quantitative estimate of drug-likeness (QED) is 0.494. The fourth-order valence-corrected chi connectivity index (χ4v) is 3.67. The molecule has 3 N–H and O–H groups in total. The van der Waals surface area contributed by atoms with Crippen LogP contribution >= 0.6 is 0 Å². The van der Waals surface area contributed by atoms with E-state index in [9.17, 15) is 22.8 Å². The van der Waals surface area contributed by atoms with E-state index in [-0.39, 0.29) is 11.6 Å². The van der Waals surface area contributed by atoms with Gasteiger partial charge in [0.25, 0.3) is 5.91 Å². The number of nitrogens with one attached hydrogen (secondary N) is 3. The topological polar surface area (TPSA) is 82.7 Å². The Morgan fingerprint density at radius 2 is 1.79 bits per heavy atom. The van der Waals surface area contributed by atoms with E-state index in [1.807, 2.05) is 0 Å². The molecule has 2 aromatic carbocycles. The Morgan fingerprint density at radius 3 is 2.48 bits per heavy atom. The number of amides is 3. The van der Waals surface area contributed by atoms with Gasteiger partial charge in [0.05, 0.1) is 16.8 Å². The van der Waals surface area contributed by atoms with Crippen LogP contribution in [0.25, 0.3) is 0 Å². The van der Waals surface area contributed by atoms with Crippen LogP contribution in [-0.2, 0) is 10.9 Å². The number of hydrogen-bond acceptors (Lipinski definition) is 4. The highest BCUT2D eigenvalue weighted by Gasteiger charge is 2.33. The van der Waals surface area contributed by atoms with Crippen LogP contribution in [0.1, 0.15) is 35.2 Å². The lowest BCUT2D eigenvalue weighted by atomic mass is 10.1. The molecule has 1 fully saturated rings. The first-order valence-electron chi connectivity index (χ1n) is 10.7. The zero-order chi connectivity index (χ0) is 23.8. The van der Waals surface area contributed by atoms with E-state index in [1.54, 1.807) is 19.2 Å². The summed E-state index contributed by atoms with van der Waals surface area (Å²) in [4.78, 5) is 27.4. The van der Waals surface area contributed by atoms with Crippen molar-refractivity contribution in [2.75, 3.05) is 48.9 Å². The second kappa shape index (κ2) is 11.0. The number of nitrogens with zero attached hydrogens (tertiary/aromatic N) is 1. The summed E-state index contributed by atoms with van der Waals surface area (Å²) in [6.45, 7) is 2.59. The Morgan fingerprint density at radius 1 is 1.06 bits per heavy atom. The van der Waals surface area contributed by atoms with Gasteiger partial charge in [-0.05, 0) is 49.6 Å². The number of anilines is 3. The van der Waals surface area contributed by atoms with Gasteiger partial charge < -0.3 is 25.6 Å². The molecule has 0 radical (unpaired) electrons. The predicted octanol–water partition coefficient (Wildman–Crippen LogP) is 4.72. The monoisotopic (exact) mass is 464 g/mol. The van der Waals surface area contributed by atoms with Crippen LogP contribution in [0, 0.1) is 0 Å². The largest absolute Gasteiger partial charge is 0.418 e.